The van der Waals surface area contributed by atoms with E-state index in [1.165, 1.54) is 0 Å². The fourth-order valence-electron chi connectivity index (χ4n) is 3.55. The third kappa shape index (κ3) is 4.05. The summed E-state index contributed by atoms with van der Waals surface area (Å²) in [4.78, 5) is 18.5. The van der Waals surface area contributed by atoms with Crippen molar-refractivity contribution < 1.29 is 13.6 Å². The molecule has 0 atom stereocenters. The highest BCUT2D eigenvalue weighted by atomic mass is 19.1. The van der Waals surface area contributed by atoms with Crippen LogP contribution in [0.2, 0.25) is 0 Å². The van der Waals surface area contributed by atoms with E-state index < -0.39 is 17.7 Å². The average molecular weight is 412 g/mol. The molecule has 1 aromatic heterocycles. The number of benzene rings is 2. The Hall–Kier alpha value is -3.62. The number of nitrogen functional groups attached to an aromatic ring is 1. The summed E-state index contributed by atoms with van der Waals surface area (Å²) < 4.78 is 26.7. The molecular formula is C21H22F2N6O. The van der Waals surface area contributed by atoms with Gasteiger partial charge in [0.2, 0.25) is 0 Å². The second-order valence-corrected chi connectivity index (χ2v) is 7.05. The monoisotopic (exact) mass is 412 g/mol. The number of amides is 2. The van der Waals surface area contributed by atoms with Crippen LogP contribution in [-0.2, 0) is 0 Å². The van der Waals surface area contributed by atoms with Crippen molar-refractivity contribution >= 4 is 39.8 Å². The van der Waals surface area contributed by atoms with Gasteiger partial charge in [0.25, 0.3) is 0 Å². The minimum atomic E-state index is -0.687. The first kappa shape index (κ1) is 19.7. The predicted octanol–water partition coefficient (Wildman–Crippen LogP) is 3.89. The van der Waals surface area contributed by atoms with E-state index in [0.29, 0.717) is 19.0 Å². The van der Waals surface area contributed by atoms with Gasteiger partial charge in [-0.25, -0.2) is 18.6 Å². The van der Waals surface area contributed by atoms with Crippen molar-refractivity contribution in [2.45, 2.75) is 12.8 Å². The van der Waals surface area contributed by atoms with Gasteiger partial charge in [0.05, 0.1) is 23.6 Å². The normalized spacial score (nSPS) is 12.5. The Morgan fingerprint density at radius 2 is 2.03 bits per heavy atom. The Kier molecular flexibility index (Phi) is 5.51. The number of hydrogen-bond acceptors (Lipinski definition) is 5. The Morgan fingerprint density at radius 1 is 1.20 bits per heavy atom. The van der Waals surface area contributed by atoms with Crippen LogP contribution in [0.15, 0.2) is 42.5 Å². The molecule has 0 spiro atoms. The summed E-state index contributed by atoms with van der Waals surface area (Å²) >= 11 is 0. The van der Waals surface area contributed by atoms with Crippen molar-refractivity contribution in [2.75, 3.05) is 41.0 Å². The molecule has 9 heteroatoms. The lowest BCUT2D eigenvalue weighted by molar-refractivity contribution is 0.252. The number of nitrogens with zero attached hydrogens (tertiary/aromatic N) is 2. The average Bonchev–Trinajstić information content (AvgIpc) is 3.15. The van der Waals surface area contributed by atoms with Crippen LogP contribution in [-0.4, -0.2) is 30.8 Å². The molecule has 2 aromatic carbocycles. The van der Waals surface area contributed by atoms with Gasteiger partial charge in [-0.2, -0.15) is 0 Å². The topological polar surface area (TPSA) is 95.3 Å². The number of unbranched alkanes of at least 4 members (excludes halogenated alkanes) is 1. The molecule has 2 amide bonds. The zero-order valence-electron chi connectivity index (χ0n) is 16.2. The number of para-hydroxylation sites is 1. The van der Waals surface area contributed by atoms with Gasteiger partial charge in [-0.1, -0.05) is 18.2 Å². The lowest BCUT2D eigenvalue weighted by Gasteiger charge is -2.19. The molecule has 1 aliphatic heterocycles. The number of rotatable bonds is 6. The molecule has 0 saturated heterocycles. The van der Waals surface area contributed by atoms with E-state index in [0.717, 1.165) is 59.9 Å². The number of anilines is 4. The molecule has 5 N–H and O–H groups in total. The molecule has 0 saturated carbocycles. The summed E-state index contributed by atoms with van der Waals surface area (Å²) in [5, 5.41) is 9.32. The Morgan fingerprint density at radius 3 is 2.90 bits per heavy atom. The number of fused-ring (bicyclic) bond motifs is 3. The summed E-state index contributed by atoms with van der Waals surface area (Å²) in [6, 6.07) is 10.2. The summed E-state index contributed by atoms with van der Waals surface area (Å²) in [6.45, 7) is 1.83. The van der Waals surface area contributed by atoms with Crippen molar-refractivity contribution in [1.29, 1.82) is 0 Å². The summed E-state index contributed by atoms with van der Waals surface area (Å²) in [5.41, 5.74) is 8.65. The van der Waals surface area contributed by atoms with Gasteiger partial charge in [0.1, 0.15) is 23.1 Å². The number of halogens is 2. The van der Waals surface area contributed by atoms with E-state index >= 15 is 0 Å². The van der Waals surface area contributed by atoms with E-state index in [-0.39, 0.29) is 5.69 Å². The lowest BCUT2D eigenvalue weighted by Crippen LogP contribution is -2.31. The fraction of sp³-hybridized carbons (Fsp3) is 0.238. The van der Waals surface area contributed by atoms with Crippen LogP contribution in [0, 0.1) is 11.6 Å². The highest BCUT2D eigenvalue weighted by Crippen LogP contribution is 2.40. The van der Waals surface area contributed by atoms with Crippen LogP contribution in [0.3, 0.4) is 0 Å². The smallest absolute Gasteiger partial charge is 0.319 e. The molecule has 3 aromatic rings. The molecular weight excluding hydrogens is 390 g/mol. The summed E-state index contributed by atoms with van der Waals surface area (Å²) in [7, 11) is 0. The van der Waals surface area contributed by atoms with Crippen molar-refractivity contribution in [3.8, 4) is 0 Å². The zero-order valence-corrected chi connectivity index (χ0v) is 16.2. The van der Waals surface area contributed by atoms with Crippen LogP contribution < -0.4 is 26.6 Å². The maximum atomic E-state index is 13.6. The fourth-order valence-corrected chi connectivity index (χ4v) is 3.55. The second-order valence-electron chi connectivity index (χ2n) is 7.05. The Bertz CT molecular complexity index is 1090. The van der Waals surface area contributed by atoms with E-state index in [9.17, 15) is 13.6 Å². The molecule has 0 unspecified atom stereocenters. The van der Waals surface area contributed by atoms with Crippen LogP contribution in [0.5, 0.6) is 0 Å². The van der Waals surface area contributed by atoms with Crippen molar-refractivity contribution in [2.24, 2.45) is 0 Å². The van der Waals surface area contributed by atoms with Gasteiger partial charge in [-0.15, -0.1) is 0 Å². The van der Waals surface area contributed by atoms with Crippen molar-refractivity contribution in [1.82, 2.24) is 10.3 Å². The molecule has 30 heavy (non-hydrogen) atoms. The molecule has 0 radical (unpaired) electrons. The summed E-state index contributed by atoms with van der Waals surface area (Å²) in [5.74, 6) is -0.823. The maximum Gasteiger partial charge on any atom is 0.319 e. The van der Waals surface area contributed by atoms with Gasteiger partial charge >= 0.3 is 6.03 Å². The predicted molar refractivity (Wildman–Crippen MR) is 115 cm³/mol. The molecule has 0 fully saturated rings. The minimum Gasteiger partial charge on any atom is -0.382 e. The van der Waals surface area contributed by atoms with Gasteiger partial charge in [-0.3, -0.25) is 0 Å². The third-order valence-electron chi connectivity index (χ3n) is 4.97. The van der Waals surface area contributed by atoms with Crippen LogP contribution >= 0.6 is 0 Å². The lowest BCUT2D eigenvalue weighted by atomic mass is 10.1. The number of carbonyl (C=O) groups excluding carboxylic acids is 1. The first-order chi connectivity index (χ1) is 14.5. The van der Waals surface area contributed by atoms with Gasteiger partial charge in [0.15, 0.2) is 0 Å². The number of urea groups is 1. The molecule has 7 nitrogen and oxygen atoms in total. The Labute approximate surface area is 172 Å². The third-order valence-corrected chi connectivity index (χ3v) is 4.97. The highest BCUT2D eigenvalue weighted by molar-refractivity contribution is 6.03. The standard InChI is InChI=1S/C21H22F2N6O/c22-13-7-8-15(23)17(11-13)28-21(30)25-9-3-4-10-29-12-26-18-19(29)14-5-1-2-6-16(14)27-20(18)24/h1-2,5-8,11,26H,3-4,9-10,12H2,(H2,24,27)(H2,25,28,30). The maximum absolute atomic E-state index is 13.6. The molecule has 1 aliphatic rings. The molecule has 0 aliphatic carbocycles. The van der Waals surface area contributed by atoms with Crippen molar-refractivity contribution in [3.63, 3.8) is 0 Å². The minimum absolute atomic E-state index is 0.190. The van der Waals surface area contributed by atoms with Gasteiger partial charge in [-0.05, 0) is 31.0 Å². The number of pyridine rings is 1. The first-order valence-corrected chi connectivity index (χ1v) is 9.70. The zero-order chi connectivity index (χ0) is 21.1. The van der Waals surface area contributed by atoms with E-state index in [2.05, 4.69) is 25.8 Å². The molecule has 0 bridgehead atoms. The summed E-state index contributed by atoms with van der Waals surface area (Å²) in [6.07, 6.45) is 1.55. The van der Waals surface area contributed by atoms with Crippen molar-refractivity contribution in [3.05, 3.63) is 54.1 Å². The molecule has 156 valence electrons. The molecule has 2 heterocycles. The number of hydrogen-bond donors (Lipinski definition) is 4. The first-order valence-electron chi connectivity index (χ1n) is 9.70. The van der Waals surface area contributed by atoms with Crippen LogP contribution in [0.25, 0.3) is 10.9 Å². The largest absolute Gasteiger partial charge is 0.382 e. The van der Waals surface area contributed by atoms with E-state index in [4.69, 9.17) is 5.73 Å². The highest BCUT2D eigenvalue weighted by Gasteiger charge is 2.24. The number of nitrogens with two attached hydrogens (primary N) is 1. The van der Waals surface area contributed by atoms with E-state index in [1.807, 2.05) is 24.3 Å². The number of aromatic nitrogens is 1. The molecule has 4 rings (SSSR count). The van der Waals surface area contributed by atoms with Crippen LogP contribution in [0.4, 0.5) is 36.5 Å². The Balaban J connectivity index is 1.28. The van der Waals surface area contributed by atoms with Gasteiger partial charge in [0, 0.05) is 24.5 Å². The van der Waals surface area contributed by atoms with Gasteiger partial charge < -0.3 is 26.6 Å². The van der Waals surface area contributed by atoms with E-state index in [1.54, 1.807) is 0 Å². The quantitative estimate of drug-likeness (QED) is 0.461. The number of nitrogens with one attached hydrogen (secondary N) is 3. The van der Waals surface area contributed by atoms with Crippen LogP contribution in [0.1, 0.15) is 12.8 Å². The SMILES string of the molecule is Nc1nc2ccccc2c2c1NCN2CCCCNC(=O)Nc1cc(F)ccc1F. The second kappa shape index (κ2) is 8.40. The number of carbonyl (C=O) groups is 1.